The van der Waals surface area contributed by atoms with Gasteiger partial charge in [0.25, 0.3) is 0 Å². The molecule has 2 aromatic rings. The number of ether oxygens (including phenoxy) is 2. The number of carbonyl (C=O) groups excluding carboxylic acids is 2. The summed E-state index contributed by atoms with van der Waals surface area (Å²) in [5.41, 5.74) is 1.76. The highest BCUT2D eigenvalue weighted by Gasteiger charge is 2.16. The summed E-state index contributed by atoms with van der Waals surface area (Å²) >= 11 is 0. The summed E-state index contributed by atoms with van der Waals surface area (Å²) in [6.07, 6.45) is 2.38. The molecular weight excluding hydrogens is 284 g/mol. The molecule has 0 unspecified atom stereocenters. The summed E-state index contributed by atoms with van der Waals surface area (Å²) in [6, 6.07) is 8.69. The van der Waals surface area contributed by atoms with E-state index in [-0.39, 0.29) is 19.1 Å². The highest BCUT2D eigenvalue weighted by atomic mass is 16.7. The quantitative estimate of drug-likeness (QED) is 0.805. The number of anilines is 1. The molecule has 6 heteroatoms. The number of pyridine rings is 1. The van der Waals surface area contributed by atoms with Gasteiger partial charge in [0, 0.05) is 18.9 Å². The summed E-state index contributed by atoms with van der Waals surface area (Å²) in [5, 5.41) is 0. The topological polar surface area (TPSA) is 68.7 Å². The predicted octanol–water partition coefficient (Wildman–Crippen LogP) is 1.83. The molecule has 0 radical (unpaired) electrons. The summed E-state index contributed by atoms with van der Waals surface area (Å²) in [7, 11) is 1.67. The molecule has 0 N–H and O–H groups in total. The molecule has 1 aromatic heterocycles. The number of amides is 1. The first-order valence-corrected chi connectivity index (χ1v) is 6.73. The summed E-state index contributed by atoms with van der Waals surface area (Å²) in [4.78, 5) is 28.5. The van der Waals surface area contributed by atoms with Crippen LogP contribution in [-0.2, 0) is 11.2 Å². The van der Waals surface area contributed by atoms with Crippen LogP contribution in [0.3, 0.4) is 0 Å². The van der Waals surface area contributed by atoms with Crippen LogP contribution in [0.4, 0.5) is 5.69 Å². The standard InChI is InChI=1S/C16H14N2O4/c1-18(13-4-5-17-12(8-13)9-19)16(20)7-11-2-3-14-15(6-11)22-10-21-14/h2-6,8-9H,7,10H2,1H3. The second-order valence-corrected chi connectivity index (χ2v) is 4.87. The van der Waals surface area contributed by atoms with E-state index < -0.39 is 0 Å². The second-order valence-electron chi connectivity index (χ2n) is 4.87. The molecule has 2 heterocycles. The van der Waals surface area contributed by atoms with E-state index in [9.17, 15) is 9.59 Å². The van der Waals surface area contributed by atoms with E-state index in [0.29, 0.717) is 29.2 Å². The van der Waals surface area contributed by atoms with Crippen molar-refractivity contribution < 1.29 is 19.1 Å². The number of carbonyl (C=O) groups is 2. The van der Waals surface area contributed by atoms with Gasteiger partial charge in [-0.3, -0.25) is 14.6 Å². The molecule has 22 heavy (non-hydrogen) atoms. The highest BCUT2D eigenvalue weighted by Crippen LogP contribution is 2.32. The van der Waals surface area contributed by atoms with E-state index >= 15 is 0 Å². The van der Waals surface area contributed by atoms with Gasteiger partial charge in [0.1, 0.15) is 5.69 Å². The van der Waals surface area contributed by atoms with E-state index in [1.54, 1.807) is 31.3 Å². The molecule has 0 fully saturated rings. The monoisotopic (exact) mass is 298 g/mol. The van der Waals surface area contributed by atoms with Crippen molar-refractivity contribution >= 4 is 17.9 Å². The zero-order valence-electron chi connectivity index (χ0n) is 12.0. The van der Waals surface area contributed by atoms with E-state index in [0.717, 1.165) is 5.56 Å². The summed E-state index contributed by atoms with van der Waals surface area (Å²) in [6.45, 7) is 0.206. The minimum absolute atomic E-state index is 0.0954. The van der Waals surface area contributed by atoms with Gasteiger partial charge in [0.05, 0.1) is 6.42 Å². The number of nitrogens with zero attached hydrogens (tertiary/aromatic N) is 2. The van der Waals surface area contributed by atoms with Crippen LogP contribution < -0.4 is 14.4 Å². The smallest absolute Gasteiger partial charge is 0.231 e. The Labute approximate surface area is 127 Å². The van der Waals surface area contributed by atoms with E-state index in [4.69, 9.17) is 9.47 Å². The van der Waals surface area contributed by atoms with Crippen molar-refractivity contribution in [2.75, 3.05) is 18.7 Å². The van der Waals surface area contributed by atoms with E-state index in [1.807, 2.05) is 6.07 Å². The number of fused-ring (bicyclic) bond motifs is 1. The molecule has 0 saturated heterocycles. The zero-order chi connectivity index (χ0) is 15.5. The van der Waals surface area contributed by atoms with E-state index in [1.165, 1.54) is 11.1 Å². The van der Waals surface area contributed by atoms with Gasteiger partial charge >= 0.3 is 0 Å². The average molecular weight is 298 g/mol. The molecule has 1 aromatic carbocycles. The number of hydrogen-bond acceptors (Lipinski definition) is 5. The Bertz CT molecular complexity index is 730. The third kappa shape index (κ3) is 2.76. The molecule has 6 nitrogen and oxygen atoms in total. The number of hydrogen-bond donors (Lipinski definition) is 0. The van der Waals surface area contributed by atoms with Crippen LogP contribution in [0.5, 0.6) is 11.5 Å². The van der Waals surface area contributed by atoms with Crippen molar-refractivity contribution in [3.63, 3.8) is 0 Å². The molecule has 1 amide bonds. The number of rotatable bonds is 4. The lowest BCUT2D eigenvalue weighted by Crippen LogP contribution is -2.28. The van der Waals surface area contributed by atoms with Gasteiger partial charge in [0.2, 0.25) is 12.7 Å². The Morgan fingerprint density at radius 1 is 1.27 bits per heavy atom. The Hall–Kier alpha value is -2.89. The van der Waals surface area contributed by atoms with Crippen molar-refractivity contribution in [1.29, 1.82) is 0 Å². The van der Waals surface area contributed by atoms with Crippen molar-refractivity contribution in [1.82, 2.24) is 4.98 Å². The van der Waals surface area contributed by atoms with Crippen molar-refractivity contribution in [3.05, 3.63) is 47.8 Å². The first-order valence-electron chi connectivity index (χ1n) is 6.73. The molecule has 1 aliphatic rings. The lowest BCUT2D eigenvalue weighted by Gasteiger charge is -2.17. The molecular formula is C16H14N2O4. The maximum absolute atomic E-state index is 12.4. The van der Waals surface area contributed by atoms with Gasteiger partial charge in [0.15, 0.2) is 17.8 Å². The maximum Gasteiger partial charge on any atom is 0.231 e. The van der Waals surface area contributed by atoms with Gasteiger partial charge < -0.3 is 14.4 Å². The van der Waals surface area contributed by atoms with E-state index in [2.05, 4.69) is 4.98 Å². The van der Waals surface area contributed by atoms with Crippen LogP contribution in [0.1, 0.15) is 16.1 Å². The van der Waals surface area contributed by atoms with Crippen LogP contribution in [0.15, 0.2) is 36.5 Å². The van der Waals surface area contributed by atoms with Gasteiger partial charge in [-0.05, 0) is 29.8 Å². The lowest BCUT2D eigenvalue weighted by atomic mass is 10.1. The first kappa shape index (κ1) is 14.1. The normalized spacial score (nSPS) is 12.0. The van der Waals surface area contributed by atoms with Crippen LogP contribution in [0.25, 0.3) is 0 Å². The number of aldehydes is 1. The first-order chi connectivity index (χ1) is 10.7. The predicted molar refractivity (Wildman–Crippen MR) is 79.3 cm³/mol. The van der Waals surface area contributed by atoms with Crippen LogP contribution >= 0.6 is 0 Å². The lowest BCUT2D eigenvalue weighted by molar-refractivity contribution is -0.117. The Kier molecular flexibility index (Phi) is 3.74. The van der Waals surface area contributed by atoms with Crippen LogP contribution in [-0.4, -0.2) is 31.0 Å². The number of likely N-dealkylation sites (N-methyl/N-ethyl adjacent to an activating group) is 1. The number of aromatic nitrogens is 1. The molecule has 0 aliphatic carbocycles. The minimum atomic E-state index is -0.0954. The fourth-order valence-electron chi connectivity index (χ4n) is 2.20. The van der Waals surface area contributed by atoms with Crippen LogP contribution in [0, 0.1) is 0 Å². The summed E-state index contributed by atoms with van der Waals surface area (Å²) in [5.74, 6) is 1.25. The van der Waals surface area contributed by atoms with Gasteiger partial charge in [-0.25, -0.2) is 0 Å². The molecule has 0 saturated carbocycles. The van der Waals surface area contributed by atoms with Gasteiger partial charge in [-0.1, -0.05) is 6.07 Å². The molecule has 1 aliphatic heterocycles. The molecule has 112 valence electrons. The van der Waals surface area contributed by atoms with Gasteiger partial charge in [-0.2, -0.15) is 0 Å². The third-order valence-electron chi connectivity index (χ3n) is 3.44. The zero-order valence-corrected chi connectivity index (χ0v) is 12.0. The SMILES string of the molecule is CN(C(=O)Cc1ccc2c(c1)OCO2)c1ccnc(C=O)c1. The second kappa shape index (κ2) is 5.85. The third-order valence-corrected chi connectivity index (χ3v) is 3.44. The fourth-order valence-corrected chi connectivity index (χ4v) is 2.20. The molecule has 0 bridgehead atoms. The van der Waals surface area contributed by atoms with Crippen molar-refractivity contribution in [3.8, 4) is 11.5 Å². The van der Waals surface area contributed by atoms with Crippen molar-refractivity contribution in [2.45, 2.75) is 6.42 Å². The Morgan fingerprint density at radius 2 is 2.09 bits per heavy atom. The highest BCUT2D eigenvalue weighted by molar-refractivity contribution is 5.94. The minimum Gasteiger partial charge on any atom is -0.454 e. The maximum atomic E-state index is 12.4. The fraction of sp³-hybridized carbons (Fsp3) is 0.188. The summed E-state index contributed by atoms with van der Waals surface area (Å²) < 4.78 is 10.5. The average Bonchev–Trinajstić information content (AvgIpc) is 3.01. The largest absolute Gasteiger partial charge is 0.454 e. The van der Waals surface area contributed by atoms with Gasteiger partial charge in [-0.15, -0.1) is 0 Å². The molecule has 0 atom stereocenters. The van der Waals surface area contributed by atoms with Crippen molar-refractivity contribution in [2.24, 2.45) is 0 Å². The number of benzene rings is 1. The molecule has 0 spiro atoms. The molecule has 3 rings (SSSR count). The Balaban J connectivity index is 1.74. The van der Waals surface area contributed by atoms with Crippen LogP contribution in [0.2, 0.25) is 0 Å². The Morgan fingerprint density at radius 3 is 2.91 bits per heavy atom.